The fraction of sp³-hybridized carbons (Fsp3) is 0.333. The Morgan fingerprint density at radius 2 is 2.58 bits per heavy atom. The molecule has 0 aliphatic carbocycles. The van der Waals surface area contributed by atoms with E-state index in [1.54, 1.807) is 12.3 Å². The minimum atomic E-state index is -0.375. The van der Waals surface area contributed by atoms with Crippen molar-refractivity contribution >= 4 is 30.9 Å². The molecule has 0 spiro atoms. The summed E-state index contributed by atoms with van der Waals surface area (Å²) in [7, 11) is 0. The standard InChI is InChI=1S/C6H6NO2S.BrH.Zn/c1-2-9-6(8)5-3-10-4-7-5;;/h3H,2H2,1H3;1H;/q-1;;+2/p-1. The molecule has 0 atom stereocenters. The molecule has 0 aliphatic rings. The van der Waals surface area contributed by atoms with E-state index < -0.39 is 0 Å². The summed E-state index contributed by atoms with van der Waals surface area (Å²) in [5.74, 6) is -0.375. The van der Waals surface area contributed by atoms with Crippen molar-refractivity contribution in [3.63, 3.8) is 0 Å². The van der Waals surface area contributed by atoms with Crippen molar-refractivity contribution in [3.8, 4) is 0 Å². The Morgan fingerprint density at radius 1 is 1.92 bits per heavy atom. The zero-order valence-electron chi connectivity index (χ0n) is 6.54. The van der Waals surface area contributed by atoms with E-state index in [-0.39, 0.29) is 5.97 Å². The number of hydrogen-bond donors (Lipinski definition) is 0. The average Bonchev–Trinajstić information content (AvgIpc) is 2.60. The average molecular weight is 301 g/mol. The Bertz CT molecular complexity index is 217. The zero-order chi connectivity index (χ0) is 9.40. The van der Waals surface area contributed by atoms with Crippen molar-refractivity contribution in [1.82, 2.24) is 4.98 Å². The molecule has 6 heteroatoms. The van der Waals surface area contributed by atoms with Crippen molar-refractivity contribution in [3.05, 3.63) is 16.6 Å². The van der Waals surface area contributed by atoms with E-state index in [1.165, 1.54) is 27.7 Å². The number of esters is 1. The summed E-state index contributed by atoms with van der Waals surface area (Å²) in [6.45, 7) is 2.14. The molecule has 1 heterocycles. The first kappa shape index (κ1) is 12.2. The maximum atomic E-state index is 10.8. The quantitative estimate of drug-likeness (QED) is 0.476. The fourth-order valence-electron chi connectivity index (χ4n) is 0.483. The number of thiazole rings is 1. The molecule has 0 aliphatic heterocycles. The summed E-state index contributed by atoms with van der Waals surface area (Å²) in [6.07, 6.45) is 0. The van der Waals surface area contributed by atoms with Crippen molar-refractivity contribution < 1.29 is 25.9 Å². The topological polar surface area (TPSA) is 39.2 Å². The number of halogens is 1. The van der Waals surface area contributed by atoms with Crippen LogP contribution in [0.4, 0.5) is 0 Å². The first-order valence-electron chi connectivity index (χ1n) is 3.10. The van der Waals surface area contributed by atoms with Crippen molar-refractivity contribution in [2.75, 3.05) is 6.61 Å². The molecule has 0 saturated heterocycles. The van der Waals surface area contributed by atoms with Crippen LogP contribution in [0.25, 0.3) is 0 Å². The Hall–Kier alpha value is 0.203. The van der Waals surface area contributed by atoms with Crippen LogP contribution in [0.2, 0.25) is 0 Å². The van der Waals surface area contributed by atoms with Crippen LogP contribution in [0.15, 0.2) is 5.38 Å². The summed E-state index contributed by atoms with van der Waals surface area (Å²) in [5.41, 5.74) is 2.90. The summed E-state index contributed by atoms with van der Waals surface area (Å²) in [4.78, 5) is 14.5. The summed E-state index contributed by atoms with van der Waals surface area (Å²) < 4.78 is 4.67. The third kappa shape index (κ3) is 4.28. The summed E-state index contributed by atoms with van der Waals surface area (Å²) in [5, 5.41) is 1.61. The number of rotatable bonds is 2. The van der Waals surface area contributed by atoms with Gasteiger partial charge in [-0.2, -0.15) is 0 Å². The minimum absolute atomic E-state index is 0.340. The van der Waals surface area contributed by atoms with Gasteiger partial charge in [0.15, 0.2) is 0 Å². The van der Waals surface area contributed by atoms with Gasteiger partial charge in [-0.3, -0.25) is 16.1 Å². The second-order valence-electron chi connectivity index (χ2n) is 1.54. The molecule has 0 saturated carbocycles. The van der Waals surface area contributed by atoms with Crippen molar-refractivity contribution in [2.24, 2.45) is 0 Å². The molecule has 0 fully saturated rings. The molecule has 0 unspecified atom stereocenters. The Labute approximate surface area is 91.6 Å². The van der Waals surface area contributed by atoms with Gasteiger partial charge < -0.3 is 9.72 Å². The first-order valence-corrected chi connectivity index (χ1v) is 10.9. The molecular weight excluding hydrogens is 295 g/mol. The molecule has 1 aromatic heterocycles. The Balaban J connectivity index is 0.000000561. The van der Waals surface area contributed by atoms with E-state index in [1.807, 2.05) is 0 Å². The van der Waals surface area contributed by atoms with Crippen LogP contribution in [0, 0.1) is 5.51 Å². The van der Waals surface area contributed by atoms with E-state index in [4.69, 9.17) is 0 Å². The second kappa shape index (κ2) is 7.83. The van der Waals surface area contributed by atoms with E-state index >= 15 is 0 Å². The van der Waals surface area contributed by atoms with E-state index in [9.17, 15) is 4.79 Å². The van der Waals surface area contributed by atoms with Gasteiger partial charge in [0.25, 0.3) is 5.97 Å². The number of nitrogens with zero attached hydrogens (tertiary/aromatic N) is 1. The van der Waals surface area contributed by atoms with Crippen LogP contribution in [0.1, 0.15) is 17.4 Å². The predicted molar refractivity (Wildman–Crippen MR) is 45.8 cm³/mol. The summed E-state index contributed by atoms with van der Waals surface area (Å²) >= 11 is 5.51. The van der Waals surface area contributed by atoms with Crippen molar-refractivity contribution in [1.29, 1.82) is 0 Å². The van der Waals surface area contributed by atoms with Crippen LogP contribution in [-0.2, 0) is 21.1 Å². The fourth-order valence-corrected chi connectivity index (χ4v) is 0.947. The molecular formula is C6H6BrNO2SZn. The first-order chi connectivity index (χ1) is 5.84. The Morgan fingerprint density at radius 3 is 3.00 bits per heavy atom. The number of carbonyl (C=O) groups excluding carboxylic acids is 1. The molecule has 12 heavy (non-hydrogen) atoms. The monoisotopic (exact) mass is 299 g/mol. The third-order valence-corrected chi connectivity index (χ3v) is 1.41. The van der Waals surface area contributed by atoms with E-state index in [0.717, 1.165) is 0 Å². The van der Waals surface area contributed by atoms with Gasteiger partial charge in [-0.1, -0.05) is 0 Å². The van der Waals surface area contributed by atoms with Crippen LogP contribution >= 0.6 is 25.0 Å². The van der Waals surface area contributed by atoms with Gasteiger partial charge in [0.05, 0.1) is 6.61 Å². The number of aromatic nitrogens is 1. The number of hydrogen-bond acceptors (Lipinski definition) is 4. The van der Waals surface area contributed by atoms with E-state index in [0.29, 0.717) is 12.3 Å². The third-order valence-electron chi connectivity index (χ3n) is 0.874. The molecule has 62 valence electrons. The predicted octanol–water partition coefficient (Wildman–Crippen LogP) is 1.96. The molecule has 0 aromatic carbocycles. The van der Waals surface area contributed by atoms with Crippen LogP contribution < -0.4 is 0 Å². The normalized spacial score (nSPS) is 8.33. The second-order valence-corrected chi connectivity index (χ2v) is 2.20. The molecule has 0 bridgehead atoms. The molecule has 0 N–H and O–H groups in total. The van der Waals surface area contributed by atoms with E-state index in [2.05, 4.69) is 28.9 Å². The van der Waals surface area contributed by atoms with Gasteiger partial charge in [0, 0.05) is 5.69 Å². The van der Waals surface area contributed by atoms with Crippen molar-refractivity contribution in [2.45, 2.75) is 6.92 Å². The van der Waals surface area contributed by atoms with Gasteiger partial charge in [0.1, 0.15) is 0 Å². The molecule has 1 rings (SSSR count). The maximum absolute atomic E-state index is 10.8. The summed E-state index contributed by atoms with van der Waals surface area (Å²) in [6, 6.07) is 0. The molecule has 0 amide bonds. The van der Waals surface area contributed by atoms with Crippen LogP contribution in [0.3, 0.4) is 0 Å². The number of ether oxygens (including phenoxy) is 1. The van der Waals surface area contributed by atoms with Gasteiger partial charge in [-0.25, -0.2) is 0 Å². The van der Waals surface area contributed by atoms with Crippen LogP contribution in [0.5, 0.6) is 0 Å². The number of carbonyl (C=O) groups is 1. The van der Waals surface area contributed by atoms with Crippen LogP contribution in [-0.4, -0.2) is 17.6 Å². The zero-order valence-corrected chi connectivity index (χ0v) is 11.9. The van der Waals surface area contributed by atoms with Gasteiger partial charge in [0.2, 0.25) is 0 Å². The van der Waals surface area contributed by atoms with Gasteiger partial charge in [-0.05, 0) is 12.4 Å². The van der Waals surface area contributed by atoms with Gasteiger partial charge in [-0.15, -0.1) is 5.38 Å². The molecule has 0 radical (unpaired) electrons. The molecule has 1 aromatic rings. The molecule has 3 nitrogen and oxygen atoms in total. The Kier molecular flexibility index (Phi) is 7.96. The SMILES string of the molecule is CCOC(=O)c1cs[c-]n1.[Zn+][Br]. The van der Waals surface area contributed by atoms with Gasteiger partial charge >= 0.3 is 30.0 Å².